The molecule has 0 aliphatic rings. The summed E-state index contributed by atoms with van der Waals surface area (Å²) in [5, 5.41) is 10.2. The van der Waals surface area contributed by atoms with Gasteiger partial charge in [-0.15, -0.1) is 0 Å². The standard InChI is InChI=1S/C11H13FN2O/c12-8-2-1-3-9-7(8)6-10(14-9)11(15)4-5-13/h1-3,6,11,14-15H,4-5,13H2. The molecule has 80 valence electrons. The molecule has 0 saturated heterocycles. The molecule has 15 heavy (non-hydrogen) atoms. The predicted octanol–water partition coefficient (Wildman–Crippen LogP) is 1.69. The minimum absolute atomic E-state index is 0.282. The highest BCUT2D eigenvalue weighted by atomic mass is 19.1. The SMILES string of the molecule is NCCC(O)c1cc2c(F)cccc2[nH]1. The third-order valence-electron chi connectivity index (χ3n) is 2.43. The largest absolute Gasteiger partial charge is 0.387 e. The van der Waals surface area contributed by atoms with Crippen molar-refractivity contribution in [3.05, 3.63) is 35.8 Å². The molecule has 1 atom stereocenters. The van der Waals surface area contributed by atoms with Crippen LogP contribution in [0.4, 0.5) is 4.39 Å². The molecule has 0 radical (unpaired) electrons. The highest BCUT2D eigenvalue weighted by molar-refractivity contribution is 5.81. The summed E-state index contributed by atoms with van der Waals surface area (Å²) >= 11 is 0. The Bertz CT molecular complexity index is 467. The van der Waals surface area contributed by atoms with Gasteiger partial charge in [-0.25, -0.2) is 4.39 Å². The molecule has 3 nitrogen and oxygen atoms in total. The summed E-state index contributed by atoms with van der Waals surface area (Å²) in [5.74, 6) is -0.282. The molecule has 0 fully saturated rings. The van der Waals surface area contributed by atoms with Crippen molar-refractivity contribution < 1.29 is 9.50 Å². The Morgan fingerprint density at radius 2 is 2.27 bits per heavy atom. The zero-order chi connectivity index (χ0) is 10.8. The number of nitrogens with one attached hydrogen (secondary N) is 1. The van der Waals surface area contributed by atoms with Gasteiger partial charge in [-0.3, -0.25) is 0 Å². The van der Waals surface area contributed by atoms with Gasteiger partial charge in [0.15, 0.2) is 0 Å². The van der Waals surface area contributed by atoms with Crippen molar-refractivity contribution in [2.75, 3.05) is 6.54 Å². The number of aromatic amines is 1. The molecule has 0 aliphatic heterocycles. The predicted molar refractivity (Wildman–Crippen MR) is 56.9 cm³/mol. The van der Waals surface area contributed by atoms with Crippen LogP contribution in [0.5, 0.6) is 0 Å². The minimum Gasteiger partial charge on any atom is -0.387 e. The number of H-pyrrole nitrogens is 1. The Labute approximate surface area is 86.7 Å². The number of halogens is 1. The van der Waals surface area contributed by atoms with E-state index >= 15 is 0 Å². The second-order valence-electron chi connectivity index (χ2n) is 3.52. The van der Waals surface area contributed by atoms with Crippen molar-refractivity contribution in [1.29, 1.82) is 0 Å². The molecule has 0 aliphatic carbocycles. The van der Waals surface area contributed by atoms with E-state index in [9.17, 15) is 9.50 Å². The second kappa shape index (κ2) is 4.00. The molecule has 1 aromatic heterocycles. The zero-order valence-corrected chi connectivity index (χ0v) is 8.20. The Kier molecular flexibility index (Phi) is 2.70. The fourth-order valence-corrected chi connectivity index (χ4v) is 1.63. The van der Waals surface area contributed by atoms with E-state index in [1.807, 2.05) is 0 Å². The zero-order valence-electron chi connectivity index (χ0n) is 8.20. The van der Waals surface area contributed by atoms with Crippen LogP contribution in [0.2, 0.25) is 0 Å². The van der Waals surface area contributed by atoms with E-state index < -0.39 is 6.10 Å². The van der Waals surface area contributed by atoms with E-state index in [0.717, 1.165) is 0 Å². The maximum Gasteiger partial charge on any atom is 0.132 e. The lowest BCUT2D eigenvalue weighted by Crippen LogP contribution is -2.06. The minimum atomic E-state index is -0.651. The molecule has 0 spiro atoms. The van der Waals surface area contributed by atoms with E-state index in [-0.39, 0.29) is 5.82 Å². The first kappa shape index (κ1) is 10.1. The van der Waals surface area contributed by atoms with Crippen LogP contribution >= 0.6 is 0 Å². The lowest BCUT2D eigenvalue weighted by atomic mass is 10.2. The van der Waals surface area contributed by atoms with Gasteiger partial charge in [0.05, 0.1) is 6.10 Å². The summed E-state index contributed by atoms with van der Waals surface area (Å²) in [5.41, 5.74) is 6.65. The van der Waals surface area contributed by atoms with E-state index in [4.69, 9.17) is 5.73 Å². The maximum atomic E-state index is 13.3. The number of fused-ring (bicyclic) bond motifs is 1. The van der Waals surface area contributed by atoms with Crippen LogP contribution in [0, 0.1) is 5.82 Å². The smallest absolute Gasteiger partial charge is 0.132 e. The van der Waals surface area contributed by atoms with Crippen molar-refractivity contribution in [3.8, 4) is 0 Å². The number of nitrogens with two attached hydrogens (primary N) is 1. The maximum absolute atomic E-state index is 13.3. The van der Waals surface area contributed by atoms with Gasteiger partial charge >= 0.3 is 0 Å². The number of aliphatic hydroxyl groups excluding tert-OH is 1. The molecule has 1 aromatic carbocycles. The molecule has 0 saturated carbocycles. The lowest BCUT2D eigenvalue weighted by Gasteiger charge is -2.05. The number of aliphatic hydroxyl groups is 1. The average Bonchev–Trinajstić information content (AvgIpc) is 2.63. The molecule has 2 aromatic rings. The molecular weight excluding hydrogens is 195 g/mol. The van der Waals surface area contributed by atoms with Crippen molar-refractivity contribution in [3.63, 3.8) is 0 Å². The van der Waals surface area contributed by atoms with Crippen LogP contribution in [0.1, 0.15) is 18.2 Å². The Hall–Kier alpha value is -1.39. The highest BCUT2D eigenvalue weighted by Gasteiger charge is 2.11. The van der Waals surface area contributed by atoms with Gasteiger partial charge in [0.2, 0.25) is 0 Å². The molecule has 0 amide bonds. The molecule has 4 N–H and O–H groups in total. The number of aromatic nitrogens is 1. The van der Waals surface area contributed by atoms with Crippen molar-refractivity contribution >= 4 is 10.9 Å². The van der Waals surface area contributed by atoms with Gasteiger partial charge < -0.3 is 15.8 Å². The Morgan fingerprint density at radius 3 is 2.93 bits per heavy atom. The summed E-state index contributed by atoms with van der Waals surface area (Å²) in [6.07, 6.45) is -0.184. The van der Waals surface area contributed by atoms with Gasteiger partial charge in [0.25, 0.3) is 0 Å². The molecular formula is C11H13FN2O. The van der Waals surface area contributed by atoms with Gasteiger partial charge in [-0.2, -0.15) is 0 Å². The van der Waals surface area contributed by atoms with Crippen molar-refractivity contribution in [2.24, 2.45) is 5.73 Å². The van der Waals surface area contributed by atoms with Gasteiger partial charge in [-0.05, 0) is 31.2 Å². The molecule has 4 heteroatoms. The monoisotopic (exact) mass is 208 g/mol. The first-order valence-corrected chi connectivity index (χ1v) is 4.87. The quantitative estimate of drug-likeness (QED) is 0.718. The van der Waals surface area contributed by atoms with Crippen molar-refractivity contribution in [2.45, 2.75) is 12.5 Å². The van der Waals surface area contributed by atoms with E-state index in [0.29, 0.717) is 29.6 Å². The summed E-state index contributed by atoms with van der Waals surface area (Å²) in [6.45, 7) is 0.402. The average molecular weight is 208 g/mol. The number of hydrogen-bond donors (Lipinski definition) is 3. The number of benzene rings is 1. The first-order chi connectivity index (χ1) is 7.22. The van der Waals surface area contributed by atoms with E-state index in [2.05, 4.69) is 4.98 Å². The van der Waals surface area contributed by atoms with Crippen molar-refractivity contribution in [1.82, 2.24) is 4.98 Å². The normalized spacial score (nSPS) is 13.3. The molecule has 1 heterocycles. The Balaban J connectivity index is 2.43. The topological polar surface area (TPSA) is 62.0 Å². The molecule has 2 rings (SSSR count). The summed E-state index contributed by atoms with van der Waals surface area (Å²) in [7, 11) is 0. The van der Waals surface area contributed by atoms with Gasteiger partial charge in [-0.1, -0.05) is 6.07 Å². The second-order valence-corrected chi connectivity index (χ2v) is 3.52. The van der Waals surface area contributed by atoms with Gasteiger partial charge in [0.1, 0.15) is 5.82 Å². The van der Waals surface area contributed by atoms with Crippen LogP contribution in [-0.4, -0.2) is 16.6 Å². The highest BCUT2D eigenvalue weighted by Crippen LogP contribution is 2.23. The summed E-state index contributed by atoms with van der Waals surface area (Å²) < 4.78 is 13.3. The molecule has 0 bridgehead atoms. The molecule has 1 unspecified atom stereocenters. The number of hydrogen-bond acceptors (Lipinski definition) is 2. The number of rotatable bonds is 3. The fraction of sp³-hybridized carbons (Fsp3) is 0.273. The van der Waals surface area contributed by atoms with Crippen LogP contribution in [0.25, 0.3) is 10.9 Å². The third kappa shape index (κ3) is 1.86. The fourth-order valence-electron chi connectivity index (χ4n) is 1.63. The van der Waals surface area contributed by atoms with Crippen LogP contribution in [-0.2, 0) is 0 Å². The lowest BCUT2D eigenvalue weighted by molar-refractivity contribution is 0.166. The summed E-state index contributed by atoms with van der Waals surface area (Å²) in [4.78, 5) is 2.98. The third-order valence-corrected chi connectivity index (χ3v) is 2.43. The van der Waals surface area contributed by atoms with Crippen LogP contribution in [0.15, 0.2) is 24.3 Å². The van der Waals surface area contributed by atoms with Crippen LogP contribution in [0.3, 0.4) is 0 Å². The van der Waals surface area contributed by atoms with Crippen LogP contribution < -0.4 is 5.73 Å². The Morgan fingerprint density at radius 1 is 1.47 bits per heavy atom. The van der Waals surface area contributed by atoms with Gasteiger partial charge in [0, 0.05) is 16.6 Å². The van der Waals surface area contributed by atoms with E-state index in [1.54, 1.807) is 18.2 Å². The summed E-state index contributed by atoms with van der Waals surface area (Å²) in [6, 6.07) is 6.44. The van der Waals surface area contributed by atoms with E-state index in [1.165, 1.54) is 6.07 Å². The first-order valence-electron chi connectivity index (χ1n) is 4.87.